The minimum absolute atomic E-state index is 0.668. The normalized spacial score (nSPS) is 21.4. The van der Waals surface area contributed by atoms with E-state index in [9.17, 15) is 13.0 Å². The highest BCUT2D eigenvalue weighted by Gasteiger charge is 2.45. The van der Waals surface area contributed by atoms with Crippen molar-refractivity contribution < 1.29 is 13.0 Å². The molecule has 1 aliphatic rings. The van der Waals surface area contributed by atoms with Gasteiger partial charge in [-0.1, -0.05) is 150 Å². The van der Waals surface area contributed by atoms with E-state index in [-0.39, 0.29) is 0 Å². The van der Waals surface area contributed by atoms with E-state index in [0.29, 0.717) is 0 Å². The SMILES string of the molecule is CCCCCCCCCCC1=CC=CC(S(=O)(=O)O)C1(Br)CCCCCCCCCC. The Kier molecular flexibility index (Phi) is 15.4. The van der Waals surface area contributed by atoms with Gasteiger partial charge in [-0.2, -0.15) is 8.42 Å². The Morgan fingerprint density at radius 1 is 0.806 bits per heavy atom. The predicted octanol–water partition coefficient (Wildman–Crippen LogP) is 8.93. The minimum atomic E-state index is -4.15. The predicted molar refractivity (Wildman–Crippen MR) is 139 cm³/mol. The molecule has 0 fully saturated rings. The molecular weight excluding hydrogens is 472 g/mol. The highest BCUT2D eigenvalue weighted by Crippen LogP contribution is 2.44. The number of alkyl halides is 1. The van der Waals surface area contributed by atoms with Crippen LogP contribution in [0.4, 0.5) is 0 Å². The van der Waals surface area contributed by atoms with Crippen molar-refractivity contribution in [3.05, 3.63) is 23.8 Å². The summed E-state index contributed by atoms with van der Waals surface area (Å²) in [5, 5.41) is -0.890. The number of rotatable bonds is 19. The molecule has 0 amide bonds. The molecule has 0 heterocycles. The first-order valence-electron chi connectivity index (χ1n) is 12.9. The molecular formula is C26H47BrO3S. The summed E-state index contributed by atoms with van der Waals surface area (Å²) >= 11 is 3.82. The van der Waals surface area contributed by atoms with Crippen molar-refractivity contribution in [1.29, 1.82) is 0 Å². The van der Waals surface area contributed by atoms with Crippen LogP contribution in [0.5, 0.6) is 0 Å². The molecule has 182 valence electrons. The van der Waals surface area contributed by atoms with Gasteiger partial charge in [0.25, 0.3) is 10.1 Å². The van der Waals surface area contributed by atoms with Crippen molar-refractivity contribution in [2.24, 2.45) is 0 Å². The van der Waals surface area contributed by atoms with Crippen LogP contribution in [-0.4, -0.2) is 22.5 Å². The van der Waals surface area contributed by atoms with Crippen LogP contribution >= 0.6 is 15.9 Å². The second kappa shape index (κ2) is 16.5. The Labute approximate surface area is 201 Å². The standard InChI is InChI=1S/C26H47BrO3S/c1-3-5-7-9-11-13-15-17-20-24-21-19-22-25(31(28,29)30)26(24,27)23-18-16-14-12-10-8-6-4-2/h19,21-22,25H,3-18,20,23H2,1-2H3,(H,28,29,30). The van der Waals surface area contributed by atoms with Crippen LogP contribution in [0.1, 0.15) is 129 Å². The summed E-state index contributed by atoms with van der Waals surface area (Å²) in [5.74, 6) is 0. The van der Waals surface area contributed by atoms with E-state index in [1.807, 2.05) is 6.08 Å². The third-order valence-electron chi connectivity index (χ3n) is 6.58. The molecule has 1 N–H and O–H groups in total. The maximum Gasteiger partial charge on any atom is 0.273 e. The van der Waals surface area contributed by atoms with Crippen molar-refractivity contribution in [3.63, 3.8) is 0 Å². The van der Waals surface area contributed by atoms with Gasteiger partial charge in [-0.25, -0.2) is 0 Å². The number of hydrogen-bond donors (Lipinski definition) is 1. The van der Waals surface area contributed by atoms with E-state index in [0.717, 1.165) is 37.7 Å². The highest BCUT2D eigenvalue weighted by molar-refractivity contribution is 9.10. The quantitative estimate of drug-likeness (QED) is 0.105. The molecule has 0 aromatic heterocycles. The van der Waals surface area contributed by atoms with E-state index >= 15 is 0 Å². The molecule has 2 atom stereocenters. The maximum atomic E-state index is 12.1. The lowest BCUT2D eigenvalue weighted by Gasteiger charge is -2.37. The molecule has 0 spiro atoms. The van der Waals surface area contributed by atoms with E-state index in [1.54, 1.807) is 6.08 Å². The fourth-order valence-corrected chi connectivity index (χ4v) is 7.14. The molecule has 3 nitrogen and oxygen atoms in total. The number of allylic oxidation sites excluding steroid dienone is 3. The van der Waals surface area contributed by atoms with E-state index < -0.39 is 19.7 Å². The summed E-state index contributed by atoms with van der Waals surface area (Å²) in [5.41, 5.74) is 1.13. The monoisotopic (exact) mass is 518 g/mol. The Balaban J connectivity index is 2.52. The van der Waals surface area contributed by atoms with Gasteiger partial charge >= 0.3 is 0 Å². The van der Waals surface area contributed by atoms with E-state index in [4.69, 9.17) is 0 Å². The largest absolute Gasteiger partial charge is 0.285 e. The van der Waals surface area contributed by atoms with Crippen LogP contribution in [0.3, 0.4) is 0 Å². The highest BCUT2D eigenvalue weighted by atomic mass is 79.9. The summed E-state index contributed by atoms with van der Waals surface area (Å²) < 4.78 is 33.5. The van der Waals surface area contributed by atoms with Crippen molar-refractivity contribution in [3.8, 4) is 0 Å². The first kappa shape index (κ1) is 28.9. The molecule has 1 rings (SSSR count). The molecule has 5 heteroatoms. The van der Waals surface area contributed by atoms with E-state index in [1.165, 1.54) is 83.5 Å². The number of hydrogen-bond acceptors (Lipinski definition) is 2. The summed E-state index contributed by atoms with van der Waals surface area (Å²) in [6, 6.07) is 0. The summed E-state index contributed by atoms with van der Waals surface area (Å²) in [6.07, 6.45) is 27.0. The molecule has 0 saturated carbocycles. The van der Waals surface area contributed by atoms with Crippen molar-refractivity contribution in [2.45, 2.75) is 139 Å². The van der Waals surface area contributed by atoms with Gasteiger partial charge in [-0.3, -0.25) is 4.55 Å². The van der Waals surface area contributed by atoms with Crippen LogP contribution < -0.4 is 0 Å². The first-order chi connectivity index (χ1) is 14.9. The van der Waals surface area contributed by atoms with E-state index in [2.05, 4.69) is 35.9 Å². The lowest BCUT2D eigenvalue weighted by molar-refractivity contribution is 0.449. The first-order valence-corrected chi connectivity index (χ1v) is 15.2. The third kappa shape index (κ3) is 11.5. The summed E-state index contributed by atoms with van der Waals surface area (Å²) in [7, 11) is -4.15. The third-order valence-corrected chi connectivity index (χ3v) is 9.49. The second-order valence-corrected chi connectivity index (χ2v) is 12.3. The molecule has 0 saturated heterocycles. The fourth-order valence-electron chi connectivity index (χ4n) is 4.64. The van der Waals surface area contributed by atoms with Gasteiger partial charge in [-0.15, -0.1) is 0 Å². The summed E-state index contributed by atoms with van der Waals surface area (Å²) in [6.45, 7) is 4.48. The van der Waals surface area contributed by atoms with Gasteiger partial charge in [-0.05, 0) is 19.3 Å². The minimum Gasteiger partial charge on any atom is -0.285 e. The van der Waals surface area contributed by atoms with Gasteiger partial charge in [0.1, 0.15) is 5.25 Å². The molecule has 2 unspecified atom stereocenters. The Morgan fingerprint density at radius 3 is 1.74 bits per heavy atom. The van der Waals surface area contributed by atoms with Gasteiger partial charge in [0, 0.05) is 0 Å². The zero-order valence-electron chi connectivity index (χ0n) is 20.1. The Bertz CT molecular complexity index is 627. The fraction of sp³-hybridized carbons (Fsp3) is 0.846. The van der Waals surface area contributed by atoms with Crippen molar-refractivity contribution in [1.82, 2.24) is 0 Å². The van der Waals surface area contributed by atoms with Gasteiger partial charge in [0.2, 0.25) is 0 Å². The molecule has 1 aliphatic carbocycles. The maximum absolute atomic E-state index is 12.1. The molecule has 0 aromatic rings. The van der Waals surface area contributed by atoms with Crippen LogP contribution in [-0.2, 0) is 10.1 Å². The lowest BCUT2D eigenvalue weighted by Crippen LogP contribution is -2.43. The lowest BCUT2D eigenvalue weighted by atomic mass is 9.83. The molecule has 0 radical (unpaired) electrons. The van der Waals surface area contributed by atoms with Gasteiger partial charge < -0.3 is 0 Å². The van der Waals surface area contributed by atoms with Gasteiger partial charge in [0.05, 0.1) is 4.32 Å². The number of unbranched alkanes of at least 4 members (excludes halogenated alkanes) is 14. The summed E-state index contributed by atoms with van der Waals surface area (Å²) in [4.78, 5) is 0. The van der Waals surface area contributed by atoms with Crippen LogP contribution in [0.15, 0.2) is 23.8 Å². The van der Waals surface area contributed by atoms with Gasteiger partial charge in [0.15, 0.2) is 0 Å². The van der Waals surface area contributed by atoms with Crippen molar-refractivity contribution >= 4 is 26.0 Å². The van der Waals surface area contributed by atoms with Crippen LogP contribution in [0.25, 0.3) is 0 Å². The van der Waals surface area contributed by atoms with Crippen LogP contribution in [0.2, 0.25) is 0 Å². The average Bonchev–Trinajstić information content (AvgIpc) is 2.72. The van der Waals surface area contributed by atoms with Crippen molar-refractivity contribution in [2.75, 3.05) is 0 Å². The Morgan fingerprint density at radius 2 is 1.26 bits per heavy atom. The molecule has 0 aromatic carbocycles. The number of halogens is 1. The Hall–Kier alpha value is -0.130. The smallest absolute Gasteiger partial charge is 0.273 e. The zero-order chi connectivity index (χ0) is 23.0. The second-order valence-electron chi connectivity index (χ2n) is 9.32. The molecule has 31 heavy (non-hydrogen) atoms. The average molecular weight is 520 g/mol. The van der Waals surface area contributed by atoms with Crippen LogP contribution in [0, 0.1) is 0 Å². The zero-order valence-corrected chi connectivity index (χ0v) is 22.5. The topological polar surface area (TPSA) is 54.4 Å². The molecule has 0 bridgehead atoms. The molecule has 0 aliphatic heterocycles.